The molecule has 0 amide bonds. The van der Waals surface area contributed by atoms with Crippen LogP contribution in [0, 0.1) is 17.1 Å². The van der Waals surface area contributed by atoms with Gasteiger partial charge in [0.1, 0.15) is 11.9 Å². The summed E-state index contributed by atoms with van der Waals surface area (Å²) in [6.45, 7) is 3.39. The number of hydrogen-bond acceptors (Lipinski definition) is 4. The third kappa shape index (κ3) is 4.78. The molecular formula is C16H21FN2O2. The Morgan fingerprint density at radius 3 is 2.81 bits per heavy atom. The van der Waals surface area contributed by atoms with Gasteiger partial charge < -0.3 is 9.84 Å². The van der Waals surface area contributed by atoms with E-state index in [2.05, 4.69) is 4.90 Å². The molecule has 0 aromatic heterocycles. The van der Waals surface area contributed by atoms with E-state index in [4.69, 9.17) is 15.1 Å². The number of nitriles is 1. The fraction of sp³-hybridized carbons (Fsp3) is 0.562. The molecule has 0 aliphatic carbocycles. The first-order chi connectivity index (χ1) is 10.2. The van der Waals surface area contributed by atoms with Gasteiger partial charge in [-0.1, -0.05) is 6.07 Å². The maximum absolute atomic E-state index is 13.3. The molecule has 1 fully saturated rings. The number of piperidine rings is 1. The Hall–Kier alpha value is -1.48. The van der Waals surface area contributed by atoms with Crippen LogP contribution in [0.2, 0.25) is 0 Å². The number of ether oxygens (including phenoxy) is 1. The number of aliphatic hydroxyl groups is 1. The van der Waals surface area contributed by atoms with Crippen molar-refractivity contribution in [1.29, 1.82) is 5.26 Å². The molecule has 1 aromatic rings. The first-order valence-electron chi connectivity index (χ1n) is 7.36. The van der Waals surface area contributed by atoms with Gasteiger partial charge in [0.05, 0.1) is 11.7 Å². The molecule has 0 bridgehead atoms. The predicted molar refractivity (Wildman–Crippen MR) is 77.1 cm³/mol. The van der Waals surface area contributed by atoms with Crippen LogP contribution < -0.4 is 0 Å². The Morgan fingerprint density at radius 2 is 2.14 bits per heavy atom. The van der Waals surface area contributed by atoms with Crippen LogP contribution in [0.4, 0.5) is 4.39 Å². The van der Waals surface area contributed by atoms with Crippen molar-refractivity contribution in [2.75, 3.05) is 26.3 Å². The number of halogens is 1. The van der Waals surface area contributed by atoms with Gasteiger partial charge in [-0.15, -0.1) is 0 Å². The second-order valence-corrected chi connectivity index (χ2v) is 5.35. The Labute approximate surface area is 124 Å². The molecule has 0 radical (unpaired) electrons. The largest absolute Gasteiger partial charge is 0.396 e. The molecule has 1 aromatic carbocycles. The maximum Gasteiger partial charge on any atom is 0.140 e. The zero-order chi connectivity index (χ0) is 15.1. The van der Waals surface area contributed by atoms with Crippen LogP contribution >= 0.6 is 0 Å². The van der Waals surface area contributed by atoms with Crippen molar-refractivity contribution in [3.63, 3.8) is 0 Å². The summed E-state index contributed by atoms with van der Waals surface area (Å²) in [6, 6.07) is 6.59. The van der Waals surface area contributed by atoms with E-state index < -0.39 is 5.82 Å². The number of likely N-dealkylation sites (tertiary alicyclic amines) is 1. The van der Waals surface area contributed by atoms with Crippen LogP contribution in [0.25, 0.3) is 0 Å². The molecule has 1 aliphatic heterocycles. The highest BCUT2D eigenvalue weighted by atomic mass is 19.1. The molecule has 1 aliphatic rings. The molecule has 1 heterocycles. The van der Waals surface area contributed by atoms with Crippen molar-refractivity contribution in [3.8, 4) is 6.07 Å². The highest BCUT2D eigenvalue weighted by Crippen LogP contribution is 2.18. The van der Waals surface area contributed by atoms with Crippen molar-refractivity contribution >= 4 is 0 Å². The molecule has 4 nitrogen and oxygen atoms in total. The molecule has 2 rings (SSSR count). The summed E-state index contributed by atoms with van der Waals surface area (Å²) in [5, 5.41) is 17.6. The third-order valence-corrected chi connectivity index (χ3v) is 3.75. The highest BCUT2D eigenvalue weighted by Gasteiger charge is 2.19. The molecule has 0 unspecified atom stereocenters. The molecule has 114 valence electrons. The maximum atomic E-state index is 13.3. The smallest absolute Gasteiger partial charge is 0.140 e. The SMILES string of the molecule is N#Cc1cc(CN2CCC(OCCCO)CC2)ccc1F. The predicted octanol–water partition coefficient (Wildman–Crippen LogP) is 2.06. The van der Waals surface area contributed by atoms with Gasteiger partial charge >= 0.3 is 0 Å². The minimum Gasteiger partial charge on any atom is -0.396 e. The van der Waals surface area contributed by atoms with Crippen molar-refractivity contribution in [2.45, 2.75) is 31.9 Å². The molecule has 1 saturated heterocycles. The summed E-state index contributed by atoms with van der Waals surface area (Å²) in [5.74, 6) is -0.461. The van der Waals surface area contributed by atoms with Gasteiger partial charge in [0, 0.05) is 32.8 Å². The summed E-state index contributed by atoms with van der Waals surface area (Å²) in [7, 11) is 0. The van der Waals surface area contributed by atoms with Crippen molar-refractivity contribution in [1.82, 2.24) is 4.90 Å². The average molecular weight is 292 g/mol. The van der Waals surface area contributed by atoms with E-state index in [1.165, 1.54) is 6.07 Å². The lowest BCUT2D eigenvalue weighted by Crippen LogP contribution is -2.36. The van der Waals surface area contributed by atoms with E-state index in [1.54, 1.807) is 12.1 Å². The average Bonchev–Trinajstić information content (AvgIpc) is 2.51. The number of aliphatic hydroxyl groups excluding tert-OH is 1. The lowest BCUT2D eigenvalue weighted by Gasteiger charge is -2.32. The topological polar surface area (TPSA) is 56.5 Å². The second kappa shape index (κ2) is 8.08. The van der Waals surface area contributed by atoms with E-state index in [0.29, 0.717) is 13.0 Å². The van der Waals surface area contributed by atoms with Crippen LogP contribution in [0.3, 0.4) is 0 Å². The number of hydrogen-bond donors (Lipinski definition) is 1. The fourth-order valence-corrected chi connectivity index (χ4v) is 2.56. The Bertz CT molecular complexity index is 494. The van der Waals surface area contributed by atoms with E-state index in [0.717, 1.165) is 38.0 Å². The number of benzene rings is 1. The first kappa shape index (κ1) is 15.9. The Kier molecular flexibility index (Phi) is 6.12. The van der Waals surface area contributed by atoms with Crippen molar-refractivity contribution in [3.05, 3.63) is 35.1 Å². The minimum absolute atomic E-state index is 0.106. The fourth-order valence-electron chi connectivity index (χ4n) is 2.56. The third-order valence-electron chi connectivity index (χ3n) is 3.75. The van der Waals surface area contributed by atoms with Crippen LogP contribution in [0.15, 0.2) is 18.2 Å². The summed E-state index contributed by atoms with van der Waals surface area (Å²) < 4.78 is 19.0. The normalized spacial score (nSPS) is 16.8. The Morgan fingerprint density at radius 1 is 1.38 bits per heavy atom. The van der Waals surface area contributed by atoms with E-state index in [1.807, 2.05) is 6.07 Å². The lowest BCUT2D eigenvalue weighted by molar-refractivity contribution is 0.000783. The van der Waals surface area contributed by atoms with Gasteiger partial charge in [-0.05, 0) is 37.0 Å². The number of nitrogens with zero attached hydrogens (tertiary/aromatic N) is 2. The van der Waals surface area contributed by atoms with Crippen LogP contribution in [0.5, 0.6) is 0 Å². The first-order valence-corrected chi connectivity index (χ1v) is 7.36. The van der Waals surface area contributed by atoms with Gasteiger partial charge in [-0.3, -0.25) is 4.90 Å². The quantitative estimate of drug-likeness (QED) is 0.815. The van der Waals surface area contributed by atoms with Crippen LogP contribution in [-0.4, -0.2) is 42.4 Å². The number of rotatable bonds is 6. The summed E-state index contributed by atoms with van der Waals surface area (Å²) in [5.41, 5.74) is 1.07. The molecule has 21 heavy (non-hydrogen) atoms. The second-order valence-electron chi connectivity index (χ2n) is 5.35. The van der Waals surface area contributed by atoms with Crippen LogP contribution in [0.1, 0.15) is 30.4 Å². The monoisotopic (exact) mass is 292 g/mol. The standard InChI is InChI=1S/C16H21FN2O2/c17-16-3-2-13(10-14(16)11-18)12-19-6-4-15(5-7-19)21-9-1-8-20/h2-3,10,15,20H,1,4-9,12H2. The van der Waals surface area contributed by atoms with E-state index >= 15 is 0 Å². The van der Waals surface area contributed by atoms with Crippen LogP contribution in [-0.2, 0) is 11.3 Å². The van der Waals surface area contributed by atoms with E-state index in [9.17, 15) is 4.39 Å². The minimum atomic E-state index is -0.461. The zero-order valence-electron chi connectivity index (χ0n) is 12.1. The highest BCUT2D eigenvalue weighted by molar-refractivity contribution is 5.34. The molecule has 1 N–H and O–H groups in total. The zero-order valence-corrected chi connectivity index (χ0v) is 12.1. The van der Waals surface area contributed by atoms with Crippen molar-refractivity contribution in [2.24, 2.45) is 0 Å². The van der Waals surface area contributed by atoms with Gasteiger partial charge in [-0.2, -0.15) is 5.26 Å². The van der Waals surface area contributed by atoms with Gasteiger partial charge in [0.15, 0.2) is 0 Å². The molecule has 5 heteroatoms. The Balaban J connectivity index is 1.80. The molecule has 0 saturated carbocycles. The molecular weight excluding hydrogens is 271 g/mol. The summed E-state index contributed by atoms with van der Waals surface area (Å²) in [6.07, 6.45) is 2.90. The van der Waals surface area contributed by atoms with Crippen molar-refractivity contribution < 1.29 is 14.2 Å². The summed E-state index contributed by atoms with van der Waals surface area (Å²) in [4.78, 5) is 2.29. The van der Waals surface area contributed by atoms with Gasteiger partial charge in [0.25, 0.3) is 0 Å². The van der Waals surface area contributed by atoms with Gasteiger partial charge in [0.2, 0.25) is 0 Å². The molecule has 0 atom stereocenters. The van der Waals surface area contributed by atoms with Gasteiger partial charge in [-0.25, -0.2) is 4.39 Å². The lowest BCUT2D eigenvalue weighted by atomic mass is 10.1. The van der Waals surface area contributed by atoms with E-state index in [-0.39, 0.29) is 18.3 Å². The summed E-state index contributed by atoms with van der Waals surface area (Å²) >= 11 is 0. The molecule has 0 spiro atoms.